The summed E-state index contributed by atoms with van der Waals surface area (Å²) < 4.78 is 2.09. The molecule has 0 radical (unpaired) electrons. The van der Waals surface area contributed by atoms with Crippen LogP contribution in [0.3, 0.4) is 0 Å². The Hall–Kier alpha value is -2.81. The molecule has 0 spiro atoms. The van der Waals surface area contributed by atoms with Gasteiger partial charge in [-0.15, -0.1) is 6.58 Å². The fraction of sp³-hybridized carbons (Fsp3) is 0.150. The summed E-state index contributed by atoms with van der Waals surface area (Å²) in [6.07, 6.45) is 10.5. The second-order valence-corrected chi connectivity index (χ2v) is 5.64. The molecule has 1 unspecified atom stereocenters. The van der Waals surface area contributed by atoms with Gasteiger partial charge in [-0.2, -0.15) is 0 Å². The molecule has 0 saturated carbocycles. The molecule has 3 heteroatoms. The normalized spacial score (nSPS) is 12.2. The second-order valence-electron chi connectivity index (χ2n) is 5.64. The molecule has 2 heterocycles. The lowest BCUT2D eigenvalue weighted by Crippen LogP contribution is -2.32. The first-order chi connectivity index (χ1) is 11.2. The van der Waals surface area contributed by atoms with E-state index in [0.29, 0.717) is 5.75 Å². The van der Waals surface area contributed by atoms with Crippen LogP contribution in [-0.4, -0.2) is 10.1 Å². The fourth-order valence-electron chi connectivity index (χ4n) is 3.04. The molecule has 116 valence electrons. The number of aromatic nitrogens is 2. The van der Waals surface area contributed by atoms with Gasteiger partial charge in [-0.3, -0.25) is 0 Å². The second kappa shape index (κ2) is 6.53. The Balaban J connectivity index is 2.09. The van der Waals surface area contributed by atoms with E-state index in [0.717, 1.165) is 35.0 Å². The number of rotatable bonds is 6. The topological polar surface area (TPSA) is 39.9 Å². The maximum atomic E-state index is 10.7. The number of nitrogens with one attached hydrogen (secondary N) is 1. The molecule has 2 aromatic heterocycles. The van der Waals surface area contributed by atoms with E-state index >= 15 is 0 Å². The van der Waals surface area contributed by atoms with Crippen molar-refractivity contribution in [2.24, 2.45) is 0 Å². The minimum absolute atomic E-state index is 0.0732. The van der Waals surface area contributed by atoms with Gasteiger partial charge in [0.25, 0.3) is 0 Å². The molecule has 0 amide bonds. The van der Waals surface area contributed by atoms with Gasteiger partial charge >= 0.3 is 0 Å². The average Bonchev–Trinajstić information content (AvgIpc) is 3.04. The predicted molar refractivity (Wildman–Crippen MR) is 93.5 cm³/mol. The highest BCUT2D eigenvalue weighted by Gasteiger charge is 2.20. The van der Waals surface area contributed by atoms with Crippen LogP contribution in [0, 0.1) is 0 Å². The molecule has 0 saturated heterocycles. The molecule has 0 bridgehead atoms. The van der Waals surface area contributed by atoms with E-state index in [2.05, 4.69) is 35.0 Å². The van der Waals surface area contributed by atoms with E-state index < -0.39 is 0 Å². The minimum atomic E-state index is 0.0732. The summed E-state index contributed by atoms with van der Waals surface area (Å²) in [4.78, 5) is 3.13. The Morgan fingerprint density at radius 1 is 1.17 bits per heavy atom. The Kier molecular flexibility index (Phi) is 4.29. The highest BCUT2D eigenvalue weighted by atomic mass is 16.3. The molecule has 1 atom stereocenters. The molecular weight excluding hydrogens is 284 g/mol. The molecular formula is C20H21N2O+. The van der Waals surface area contributed by atoms with Crippen LogP contribution in [0.5, 0.6) is 5.75 Å². The molecule has 0 aliphatic heterocycles. The Morgan fingerprint density at radius 3 is 2.83 bits per heavy atom. The maximum absolute atomic E-state index is 10.7. The largest absolute Gasteiger partial charge is 0.507 e. The van der Waals surface area contributed by atoms with Crippen LogP contribution in [-0.2, 0) is 6.54 Å². The van der Waals surface area contributed by atoms with Gasteiger partial charge in [0.15, 0.2) is 18.9 Å². The highest BCUT2D eigenvalue weighted by molar-refractivity contribution is 5.87. The summed E-state index contributed by atoms with van der Waals surface area (Å²) in [7, 11) is 0. The van der Waals surface area contributed by atoms with Crippen molar-refractivity contribution >= 4 is 10.9 Å². The van der Waals surface area contributed by atoms with Crippen molar-refractivity contribution in [2.45, 2.75) is 18.9 Å². The quantitative estimate of drug-likeness (QED) is 0.523. The predicted octanol–water partition coefficient (Wildman–Crippen LogP) is 4.06. The van der Waals surface area contributed by atoms with Gasteiger partial charge in [-0.25, -0.2) is 4.57 Å². The first kappa shape index (κ1) is 15.1. The lowest BCUT2D eigenvalue weighted by molar-refractivity contribution is -0.687. The number of aromatic amines is 1. The average molecular weight is 305 g/mol. The van der Waals surface area contributed by atoms with Crippen LogP contribution in [0.25, 0.3) is 10.9 Å². The van der Waals surface area contributed by atoms with Crippen molar-refractivity contribution in [3.05, 3.63) is 85.4 Å². The van der Waals surface area contributed by atoms with Gasteiger partial charge in [0.2, 0.25) is 0 Å². The zero-order chi connectivity index (χ0) is 16.2. The van der Waals surface area contributed by atoms with Gasteiger partial charge in [-0.1, -0.05) is 18.7 Å². The number of phenolic OH excluding ortho intramolecular Hbond substituents is 1. The molecule has 0 aliphatic rings. The Morgan fingerprint density at radius 2 is 2.04 bits per heavy atom. The van der Waals surface area contributed by atoms with E-state index in [1.165, 1.54) is 0 Å². The van der Waals surface area contributed by atoms with Gasteiger partial charge in [0.05, 0.1) is 0 Å². The fourth-order valence-corrected chi connectivity index (χ4v) is 3.04. The zero-order valence-corrected chi connectivity index (χ0v) is 13.1. The molecule has 23 heavy (non-hydrogen) atoms. The number of fused-ring (bicyclic) bond motifs is 1. The summed E-state index contributed by atoms with van der Waals surface area (Å²) in [6.45, 7) is 8.43. The van der Waals surface area contributed by atoms with Gasteiger partial charge in [-0.05, 0) is 30.7 Å². The first-order valence-electron chi connectivity index (χ1n) is 7.74. The standard InChI is InChI=1S/C20H20N2O/c1-3-6-16(15-7-5-13-22(14-15)12-4-2)17-8-9-19-18(20(17)23)10-11-21-19/h3-5,7-11,13-14,16,21H,1-2,6,12H2/p+1. The third kappa shape index (κ3) is 2.90. The van der Waals surface area contributed by atoms with Crippen LogP contribution in [0.1, 0.15) is 23.5 Å². The first-order valence-corrected chi connectivity index (χ1v) is 7.74. The smallest absolute Gasteiger partial charge is 0.172 e. The van der Waals surface area contributed by atoms with Crippen molar-refractivity contribution in [1.29, 1.82) is 0 Å². The number of pyridine rings is 1. The number of aromatic hydroxyl groups is 1. The lowest BCUT2D eigenvalue weighted by Gasteiger charge is -2.17. The number of nitrogens with zero attached hydrogens (tertiary/aromatic N) is 1. The van der Waals surface area contributed by atoms with Gasteiger partial charge in [0, 0.05) is 40.2 Å². The molecule has 2 N–H and O–H groups in total. The third-order valence-electron chi connectivity index (χ3n) is 4.14. The maximum Gasteiger partial charge on any atom is 0.172 e. The van der Waals surface area contributed by atoms with Crippen LogP contribution >= 0.6 is 0 Å². The van der Waals surface area contributed by atoms with Crippen LogP contribution in [0.15, 0.2) is 74.2 Å². The summed E-state index contributed by atoms with van der Waals surface area (Å²) in [5, 5.41) is 11.5. The van der Waals surface area contributed by atoms with Crippen molar-refractivity contribution in [3.8, 4) is 5.75 Å². The molecule has 3 nitrogen and oxygen atoms in total. The Labute approximate surface area is 136 Å². The number of benzene rings is 1. The molecule has 3 aromatic rings. The lowest BCUT2D eigenvalue weighted by atomic mass is 9.88. The molecule has 0 fully saturated rings. The molecule has 1 aromatic carbocycles. The molecule has 3 rings (SSSR count). The SMILES string of the molecule is C=CCC(c1ccc[n+](CC=C)c1)c1ccc2[nH]ccc2c1O. The van der Waals surface area contributed by atoms with E-state index in [4.69, 9.17) is 0 Å². The zero-order valence-electron chi connectivity index (χ0n) is 13.1. The third-order valence-corrected chi connectivity index (χ3v) is 4.14. The van der Waals surface area contributed by atoms with E-state index in [1.807, 2.05) is 48.8 Å². The Bertz CT molecular complexity index is 848. The van der Waals surface area contributed by atoms with Crippen LogP contribution in [0.2, 0.25) is 0 Å². The summed E-state index contributed by atoms with van der Waals surface area (Å²) in [5.74, 6) is 0.416. The summed E-state index contributed by atoms with van der Waals surface area (Å²) in [6, 6.07) is 10.0. The van der Waals surface area contributed by atoms with Gasteiger partial charge in [0.1, 0.15) is 5.75 Å². The number of hydrogen-bond donors (Lipinski definition) is 2. The molecule has 0 aliphatic carbocycles. The number of phenols is 1. The number of hydrogen-bond acceptors (Lipinski definition) is 1. The highest BCUT2D eigenvalue weighted by Crippen LogP contribution is 2.37. The summed E-state index contributed by atoms with van der Waals surface area (Å²) in [5.41, 5.74) is 3.02. The van der Waals surface area contributed by atoms with Gasteiger partial charge < -0.3 is 10.1 Å². The number of H-pyrrole nitrogens is 1. The van der Waals surface area contributed by atoms with E-state index in [9.17, 15) is 5.11 Å². The van der Waals surface area contributed by atoms with Crippen molar-refractivity contribution < 1.29 is 9.67 Å². The minimum Gasteiger partial charge on any atom is -0.507 e. The van der Waals surface area contributed by atoms with Crippen LogP contribution in [0.4, 0.5) is 0 Å². The van der Waals surface area contributed by atoms with Crippen molar-refractivity contribution in [3.63, 3.8) is 0 Å². The van der Waals surface area contributed by atoms with Crippen LogP contribution < -0.4 is 4.57 Å². The monoisotopic (exact) mass is 305 g/mol. The van der Waals surface area contributed by atoms with E-state index in [-0.39, 0.29) is 5.92 Å². The summed E-state index contributed by atoms with van der Waals surface area (Å²) >= 11 is 0. The van der Waals surface area contributed by atoms with Crippen molar-refractivity contribution in [2.75, 3.05) is 0 Å². The number of allylic oxidation sites excluding steroid dienone is 2. The van der Waals surface area contributed by atoms with Crippen molar-refractivity contribution in [1.82, 2.24) is 4.98 Å². The van der Waals surface area contributed by atoms with E-state index in [1.54, 1.807) is 0 Å².